The lowest BCUT2D eigenvalue weighted by molar-refractivity contribution is 0.222. The van der Waals surface area contributed by atoms with Gasteiger partial charge < -0.3 is 9.80 Å². The van der Waals surface area contributed by atoms with Gasteiger partial charge in [0.15, 0.2) is 0 Å². The number of aromatic nitrogens is 2. The third-order valence-electron chi connectivity index (χ3n) is 3.98. The summed E-state index contributed by atoms with van der Waals surface area (Å²) in [5.41, 5.74) is 0. The van der Waals surface area contributed by atoms with Crippen molar-refractivity contribution >= 4 is 21.7 Å². The van der Waals surface area contributed by atoms with Crippen LogP contribution in [0.1, 0.15) is 38.4 Å². The van der Waals surface area contributed by atoms with Gasteiger partial charge in [-0.25, -0.2) is 9.97 Å². The van der Waals surface area contributed by atoms with Gasteiger partial charge in [0.05, 0.1) is 0 Å². The highest BCUT2D eigenvalue weighted by Crippen LogP contribution is 2.23. The fourth-order valence-corrected chi connectivity index (χ4v) is 2.99. The van der Waals surface area contributed by atoms with Crippen LogP contribution in [0.4, 0.5) is 5.82 Å². The summed E-state index contributed by atoms with van der Waals surface area (Å²) < 4.78 is 0.876. The monoisotopic (exact) mass is 340 g/mol. The minimum absolute atomic E-state index is 0.350. The van der Waals surface area contributed by atoms with Gasteiger partial charge in [-0.2, -0.15) is 0 Å². The zero-order valence-electron chi connectivity index (χ0n) is 12.9. The first-order valence-corrected chi connectivity index (χ1v) is 8.19. The Kier molecular flexibility index (Phi) is 5.38. The summed E-state index contributed by atoms with van der Waals surface area (Å²) in [6, 6.07) is 2.01. The van der Waals surface area contributed by atoms with Crippen molar-refractivity contribution in [3.05, 3.63) is 16.5 Å². The van der Waals surface area contributed by atoms with E-state index in [-0.39, 0.29) is 0 Å². The first-order chi connectivity index (χ1) is 9.45. The number of piperidine rings is 1. The van der Waals surface area contributed by atoms with Crippen LogP contribution in [0, 0.1) is 5.92 Å². The highest BCUT2D eigenvalue weighted by atomic mass is 79.9. The van der Waals surface area contributed by atoms with Gasteiger partial charge in [-0.1, -0.05) is 13.8 Å². The number of halogens is 1. The van der Waals surface area contributed by atoms with Crippen LogP contribution >= 0.6 is 15.9 Å². The van der Waals surface area contributed by atoms with E-state index in [4.69, 9.17) is 0 Å². The molecule has 1 aliphatic rings. The van der Waals surface area contributed by atoms with E-state index in [9.17, 15) is 0 Å². The second-order valence-electron chi connectivity index (χ2n) is 6.19. The molecule has 0 bridgehead atoms. The van der Waals surface area contributed by atoms with E-state index in [1.807, 2.05) is 6.07 Å². The Hall–Kier alpha value is -0.680. The fraction of sp³-hybridized carbons (Fsp3) is 0.733. The molecule has 1 aliphatic heterocycles. The molecule has 20 heavy (non-hydrogen) atoms. The average molecular weight is 341 g/mol. The standard InChI is InChI=1S/C15H25BrN4/c1-11(2)15-17-13(16)9-14(18-15)20(4)10-12-5-7-19(3)8-6-12/h9,11-12H,5-8,10H2,1-4H3. The molecule has 2 rings (SSSR count). The molecule has 0 amide bonds. The van der Waals surface area contributed by atoms with Crippen LogP contribution in [-0.4, -0.2) is 48.6 Å². The quantitative estimate of drug-likeness (QED) is 0.788. The summed E-state index contributed by atoms with van der Waals surface area (Å²) >= 11 is 3.50. The molecule has 0 unspecified atom stereocenters. The molecule has 0 saturated carbocycles. The third-order valence-corrected chi connectivity index (χ3v) is 4.38. The maximum Gasteiger partial charge on any atom is 0.134 e. The number of nitrogens with zero attached hydrogens (tertiary/aromatic N) is 4. The van der Waals surface area contributed by atoms with Gasteiger partial charge in [-0.15, -0.1) is 0 Å². The maximum absolute atomic E-state index is 4.69. The van der Waals surface area contributed by atoms with E-state index in [1.165, 1.54) is 25.9 Å². The van der Waals surface area contributed by atoms with Crippen LogP contribution in [0.5, 0.6) is 0 Å². The molecule has 0 spiro atoms. The van der Waals surface area contributed by atoms with E-state index < -0.39 is 0 Å². The number of likely N-dealkylation sites (tertiary alicyclic amines) is 1. The van der Waals surface area contributed by atoms with Crippen molar-refractivity contribution in [1.82, 2.24) is 14.9 Å². The Morgan fingerprint density at radius 1 is 1.35 bits per heavy atom. The maximum atomic E-state index is 4.69. The minimum Gasteiger partial charge on any atom is -0.359 e. The van der Waals surface area contributed by atoms with E-state index in [0.717, 1.165) is 28.7 Å². The normalized spacial score (nSPS) is 17.7. The van der Waals surface area contributed by atoms with Crippen molar-refractivity contribution < 1.29 is 0 Å². The highest BCUT2D eigenvalue weighted by molar-refractivity contribution is 9.10. The molecule has 0 N–H and O–H groups in total. The van der Waals surface area contributed by atoms with Crippen molar-refractivity contribution in [2.24, 2.45) is 5.92 Å². The average Bonchev–Trinajstić information content (AvgIpc) is 2.40. The predicted octanol–water partition coefficient (Wildman–Crippen LogP) is 3.14. The molecule has 0 atom stereocenters. The lowest BCUT2D eigenvalue weighted by Gasteiger charge is -2.32. The first kappa shape index (κ1) is 15.7. The van der Waals surface area contributed by atoms with E-state index in [2.05, 4.69) is 63.6 Å². The van der Waals surface area contributed by atoms with Gasteiger partial charge >= 0.3 is 0 Å². The molecule has 1 fully saturated rings. The van der Waals surface area contributed by atoms with Crippen molar-refractivity contribution in [3.8, 4) is 0 Å². The molecule has 0 aliphatic carbocycles. The van der Waals surface area contributed by atoms with Crippen molar-refractivity contribution in [2.75, 3.05) is 38.6 Å². The second-order valence-corrected chi connectivity index (χ2v) is 7.00. The zero-order chi connectivity index (χ0) is 14.7. The molecule has 1 aromatic heterocycles. The van der Waals surface area contributed by atoms with Crippen LogP contribution in [0.2, 0.25) is 0 Å². The molecular formula is C15H25BrN4. The van der Waals surface area contributed by atoms with Gasteiger partial charge in [0.25, 0.3) is 0 Å². The molecule has 1 saturated heterocycles. The van der Waals surface area contributed by atoms with E-state index >= 15 is 0 Å². The minimum atomic E-state index is 0.350. The molecular weight excluding hydrogens is 316 g/mol. The SMILES string of the molecule is CC(C)c1nc(Br)cc(N(C)CC2CCN(C)CC2)n1. The smallest absolute Gasteiger partial charge is 0.134 e. The topological polar surface area (TPSA) is 32.3 Å². The number of rotatable bonds is 4. The van der Waals surface area contributed by atoms with E-state index in [0.29, 0.717) is 5.92 Å². The van der Waals surface area contributed by atoms with Gasteiger partial charge in [0, 0.05) is 25.6 Å². The molecule has 0 aromatic carbocycles. The lowest BCUT2D eigenvalue weighted by atomic mass is 9.97. The predicted molar refractivity (Wildman–Crippen MR) is 87.3 cm³/mol. The van der Waals surface area contributed by atoms with Crippen molar-refractivity contribution in [2.45, 2.75) is 32.6 Å². The molecule has 0 radical (unpaired) electrons. The molecule has 1 aromatic rings. The summed E-state index contributed by atoms with van der Waals surface area (Å²) in [5.74, 6) is 3.05. The van der Waals surface area contributed by atoms with Gasteiger partial charge in [-0.3, -0.25) is 0 Å². The van der Waals surface area contributed by atoms with Crippen molar-refractivity contribution in [3.63, 3.8) is 0 Å². The van der Waals surface area contributed by atoms with Crippen LogP contribution < -0.4 is 4.90 Å². The van der Waals surface area contributed by atoms with Crippen LogP contribution in [0.15, 0.2) is 10.7 Å². The second kappa shape index (κ2) is 6.85. The molecule has 2 heterocycles. The van der Waals surface area contributed by atoms with Crippen LogP contribution in [0.25, 0.3) is 0 Å². The Balaban J connectivity index is 2.03. The summed E-state index contributed by atoms with van der Waals surface area (Å²) in [5, 5.41) is 0. The fourth-order valence-electron chi connectivity index (χ4n) is 2.60. The summed E-state index contributed by atoms with van der Waals surface area (Å²) in [7, 11) is 4.34. The summed E-state index contributed by atoms with van der Waals surface area (Å²) in [6.07, 6.45) is 2.56. The van der Waals surface area contributed by atoms with E-state index in [1.54, 1.807) is 0 Å². The largest absolute Gasteiger partial charge is 0.359 e. The molecule has 4 nitrogen and oxygen atoms in total. The third kappa shape index (κ3) is 4.16. The number of anilines is 1. The van der Waals surface area contributed by atoms with Crippen molar-refractivity contribution in [1.29, 1.82) is 0 Å². The number of hydrogen-bond acceptors (Lipinski definition) is 4. The molecule has 5 heteroatoms. The van der Waals surface area contributed by atoms with Crippen LogP contribution in [0.3, 0.4) is 0 Å². The number of hydrogen-bond donors (Lipinski definition) is 0. The van der Waals surface area contributed by atoms with Gasteiger partial charge in [0.2, 0.25) is 0 Å². The Morgan fingerprint density at radius 3 is 2.60 bits per heavy atom. The lowest BCUT2D eigenvalue weighted by Crippen LogP contribution is -2.36. The molecule has 112 valence electrons. The Bertz CT molecular complexity index is 441. The van der Waals surface area contributed by atoms with Gasteiger partial charge in [-0.05, 0) is 54.8 Å². The van der Waals surface area contributed by atoms with Crippen LogP contribution in [-0.2, 0) is 0 Å². The Labute approximate surface area is 130 Å². The Morgan fingerprint density at radius 2 is 2.00 bits per heavy atom. The summed E-state index contributed by atoms with van der Waals surface area (Å²) in [4.78, 5) is 13.8. The highest BCUT2D eigenvalue weighted by Gasteiger charge is 2.19. The zero-order valence-corrected chi connectivity index (χ0v) is 14.5. The summed E-state index contributed by atoms with van der Waals surface area (Å²) in [6.45, 7) is 7.76. The first-order valence-electron chi connectivity index (χ1n) is 7.40. The van der Waals surface area contributed by atoms with Gasteiger partial charge in [0.1, 0.15) is 16.2 Å².